The summed E-state index contributed by atoms with van der Waals surface area (Å²) in [5.74, 6) is -0.0905. The van der Waals surface area contributed by atoms with Crippen molar-refractivity contribution in [2.75, 3.05) is 6.54 Å². The largest absolute Gasteiger partial charge is 0.386 e. The topological polar surface area (TPSA) is 63.3 Å². The number of carbonyl (C=O) groups excluding carboxylic acids is 1. The van der Waals surface area contributed by atoms with E-state index in [1.165, 1.54) is 0 Å². The van der Waals surface area contributed by atoms with Gasteiger partial charge in [0, 0.05) is 5.56 Å². The molecule has 0 aromatic heterocycles. The Morgan fingerprint density at radius 1 is 1.36 bits per heavy atom. The number of Topliss-reactive ketones (excluding diaryl/α,β-unsaturated/α-hetero) is 1. The molecule has 3 N–H and O–H groups in total. The molecule has 0 saturated heterocycles. The molecule has 0 amide bonds. The van der Waals surface area contributed by atoms with Crippen LogP contribution in [0.1, 0.15) is 29.8 Å². The van der Waals surface area contributed by atoms with Gasteiger partial charge in [0.25, 0.3) is 0 Å². The fourth-order valence-corrected chi connectivity index (χ4v) is 1.18. The van der Waals surface area contributed by atoms with Gasteiger partial charge in [-0.1, -0.05) is 24.3 Å². The molecule has 0 unspecified atom stereocenters. The average molecular weight is 193 g/mol. The van der Waals surface area contributed by atoms with E-state index < -0.39 is 5.60 Å². The van der Waals surface area contributed by atoms with Gasteiger partial charge < -0.3 is 10.8 Å². The summed E-state index contributed by atoms with van der Waals surface area (Å²) in [5, 5.41) is 9.67. The molecule has 76 valence electrons. The van der Waals surface area contributed by atoms with Crippen molar-refractivity contribution in [1.29, 1.82) is 0 Å². The minimum absolute atomic E-state index is 0.0157. The first-order valence-electron chi connectivity index (χ1n) is 4.51. The standard InChI is InChI=1S/C11H15NO2/c1-11(2,14)9-5-3-8(4-6-9)10(13)7-12/h3-6,14H,7,12H2,1-2H3. The first-order valence-corrected chi connectivity index (χ1v) is 4.51. The number of carbonyl (C=O) groups is 1. The molecule has 1 rings (SSSR count). The molecule has 3 heteroatoms. The number of benzene rings is 1. The second-order valence-corrected chi connectivity index (χ2v) is 3.76. The maximum absolute atomic E-state index is 11.2. The van der Waals surface area contributed by atoms with Gasteiger partial charge in [-0.25, -0.2) is 0 Å². The van der Waals surface area contributed by atoms with Gasteiger partial charge in [-0.2, -0.15) is 0 Å². The SMILES string of the molecule is CC(C)(O)c1ccc(C(=O)CN)cc1. The zero-order valence-electron chi connectivity index (χ0n) is 8.45. The van der Waals surface area contributed by atoms with Crippen molar-refractivity contribution in [2.45, 2.75) is 19.4 Å². The fourth-order valence-electron chi connectivity index (χ4n) is 1.18. The lowest BCUT2D eigenvalue weighted by molar-refractivity contribution is 0.0784. The molecule has 0 aliphatic heterocycles. The van der Waals surface area contributed by atoms with E-state index >= 15 is 0 Å². The van der Waals surface area contributed by atoms with Crippen LogP contribution in [-0.4, -0.2) is 17.4 Å². The summed E-state index contributed by atoms with van der Waals surface area (Å²) in [7, 11) is 0. The Kier molecular flexibility index (Phi) is 3.03. The van der Waals surface area contributed by atoms with E-state index in [0.717, 1.165) is 5.56 Å². The highest BCUT2D eigenvalue weighted by Gasteiger charge is 2.15. The molecule has 0 atom stereocenters. The molecular weight excluding hydrogens is 178 g/mol. The quantitative estimate of drug-likeness (QED) is 0.705. The molecule has 0 bridgehead atoms. The lowest BCUT2D eigenvalue weighted by atomic mass is 9.96. The third-order valence-electron chi connectivity index (χ3n) is 2.10. The lowest BCUT2D eigenvalue weighted by Gasteiger charge is -2.17. The minimum Gasteiger partial charge on any atom is -0.386 e. The predicted octanol–water partition coefficient (Wildman–Crippen LogP) is 1.06. The first kappa shape index (κ1) is 10.9. The Balaban J connectivity index is 2.95. The zero-order valence-corrected chi connectivity index (χ0v) is 8.45. The first-order chi connectivity index (χ1) is 6.45. The molecule has 0 fully saturated rings. The van der Waals surface area contributed by atoms with Crippen LogP contribution >= 0.6 is 0 Å². The van der Waals surface area contributed by atoms with Gasteiger partial charge in [0.05, 0.1) is 12.1 Å². The Bertz CT molecular complexity index is 322. The molecule has 14 heavy (non-hydrogen) atoms. The Morgan fingerprint density at radius 3 is 2.21 bits per heavy atom. The number of rotatable bonds is 3. The van der Waals surface area contributed by atoms with Crippen molar-refractivity contribution < 1.29 is 9.90 Å². The summed E-state index contributed by atoms with van der Waals surface area (Å²) in [6, 6.07) is 6.84. The lowest BCUT2D eigenvalue weighted by Crippen LogP contribution is -2.17. The molecule has 1 aromatic rings. The maximum Gasteiger partial charge on any atom is 0.176 e. The average Bonchev–Trinajstić information content (AvgIpc) is 2.15. The Labute approximate surface area is 83.6 Å². The van der Waals surface area contributed by atoms with Gasteiger partial charge in [0.2, 0.25) is 0 Å². The van der Waals surface area contributed by atoms with Crippen LogP contribution in [0.2, 0.25) is 0 Å². The van der Waals surface area contributed by atoms with E-state index in [9.17, 15) is 9.90 Å². The van der Waals surface area contributed by atoms with Crippen LogP contribution in [0.3, 0.4) is 0 Å². The van der Waals surface area contributed by atoms with Crippen LogP contribution in [0.25, 0.3) is 0 Å². The van der Waals surface area contributed by atoms with Crippen LogP contribution < -0.4 is 5.73 Å². The van der Waals surface area contributed by atoms with Crippen LogP contribution in [0, 0.1) is 0 Å². The van der Waals surface area contributed by atoms with E-state index in [0.29, 0.717) is 5.56 Å². The van der Waals surface area contributed by atoms with Gasteiger partial charge in [0.15, 0.2) is 5.78 Å². The Hall–Kier alpha value is -1.19. The summed E-state index contributed by atoms with van der Waals surface area (Å²) in [6.45, 7) is 3.42. The molecule has 0 saturated carbocycles. The highest BCUT2D eigenvalue weighted by molar-refractivity contribution is 5.97. The third-order valence-corrected chi connectivity index (χ3v) is 2.10. The van der Waals surface area contributed by atoms with E-state index in [1.54, 1.807) is 38.1 Å². The number of hydrogen-bond acceptors (Lipinski definition) is 3. The highest BCUT2D eigenvalue weighted by Crippen LogP contribution is 2.19. The predicted molar refractivity (Wildman–Crippen MR) is 55.1 cm³/mol. The van der Waals surface area contributed by atoms with Gasteiger partial charge in [0.1, 0.15) is 0 Å². The fraction of sp³-hybridized carbons (Fsp3) is 0.364. The molecule has 0 radical (unpaired) electrons. The third kappa shape index (κ3) is 2.40. The molecule has 1 aromatic carbocycles. The van der Waals surface area contributed by atoms with Crippen LogP contribution in [0.5, 0.6) is 0 Å². The van der Waals surface area contributed by atoms with Gasteiger partial charge in [-0.3, -0.25) is 4.79 Å². The van der Waals surface area contributed by atoms with Crippen LogP contribution in [-0.2, 0) is 5.60 Å². The van der Waals surface area contributed by atoms with Crippen molar-refractivity contribution in [3.63, 3.8) is 0 Å². The summed E-state index contributed by atoms with van der Waals surface area (Å²) in [5.41, 5.74) is 5.73. The highest BCUT2D eigenvalue weighted by atomic mass is 16.3. The molecule has 0 aliphatic carbocycles. The molecule has 0 aliphatic rings. The van der Waals surface area contributed by atoms with E-state index in [1.807, 2.05) is 0 Å². The second kappa shape index (κ2) is 3.90. The molecule has 0 heterocycles. The second-order valence-electron chi connectivity index (χ2n) is 3.76. The van der Waals surface area contributed by atoms with Crippen LogP contribution in [0.15, 0.2) is 24.3 Å². The number of aliphatic hydroxyl groups is 1. The van der Waals surface area contributed by atoms with Crippen LogP contribution in [0.4, 0.5) is 0 Å². The number of hydrogen-bond donors (Lipinski definition) is 2. The zero-order chi connectivity index (χ0) is 10.8. The summed E-state index contributed by atoms with van der Waals surface area (Å²) in [6.07, 6.45) is 0. The summed E-state index contributed by atoms with van der Waals surface area (Å²) in [4.78, 5) is 11.2. The van der Waals surface area contributed by atoms with E-state index in [2.05, 4.69) is 0 Å². The number of nitrogens with two attached hydrogens (primary N) is 1. The van der Waals surface area contributed by atoms with E-state index in [-0.39, 0.29) is 12.3 Å². The normalized spacial score (nSPS) is 11.4. The number of ketones is 1. The monoisotopic (exact) mass is 193 g/mol. The van der Waals surface area contributed by atoms with Crippen molar-refractivity contribution in [2.24, 2.45) is 5.73 Å². The smallest absolute Gasteiger partial charge is 0.176 e. The van der Waals surface area contributed by atoms with Crippen molar-refractivity contribution in [3.05, 3.63) is 35.4 Å². The van der Waals surface area contributed by atoms with Crippen molar-refractivity contribution >= 4 is 5.78 Å². The van der Waals surface area contributed by atoms with E-state index in [4.69, 9.17) is 5.73 Å². The molecule has 3 nitrogen and oxygen atoms in total. The minimum atomic E-state index is -0.871. The summed E-state index contributed by atoms with van der Waals surface area (Å²) < 4.78 is 0. The van der Waals surface area contributed by atoms with Gasteiger partial charge in [-0.05, 0) is 19.4 Å². The van der Waals surface area contributed by atoms with Crippen molar-refractivity contribution in [3.8, 4) is 0 Å². The molecular formula is C11H15NO2. The van der Waals surface area contributed by atoms with Gasteiger partial charge in [-0.15, -0.1) is 0 Å². The summed E-state index contributed by atoms with van der Waals surface area (Å²) >= 11 is 0. The van der Waals surface area contributed by atoms with Gasteiger partial charge >= 0.3 is 0 Å². The Morgan fingerprint density at radius 2 is 1.86 bits per heavy atom. The van der Waals surface area contributed by atoms with Crippen molar-refractivity contribution in [1.82, 2.24) is 0 Å². The maximum atomic E-state index is 11.2. The molecule has 0 spiro atoms.